The summed E-state index contributed by atoms with van der Waals surface area (Å²) in [7, 11) is 1.30. The van der Waals surface area contributed by atoms with Gasteiger partial charge in [-0.15, -0.1) is 11.3 Å². The van der Waals surface area contributed by atoms with Gasteiger partial charge in [-0.05, 0) is 11.8 Å². The van der Waals surface area contributed by atoms with Crippen LogP contribution >= 0.6 is 11.3 Å². The first-order valence-electron chi connectivity index (χ1n) is 7.40. The molecule has 7 heteroatoms. The Balaban J connectivity index is 3.01. The largest absolute Gasteiger partial charge is 0.467 e. The molecule has 0 aliphatic rings. The number of nitrogens with zero attached hydrogens (tertiary/aromatic N) is 3. The smallest absolute Gasteiger partial charge is 0.328 e. The van der Waals surface area contributed by atoms with Gasteiger partial charge in [-0.25, -0.2) is 9.78 Å². The highest BCUT2D eigenvalue weighted by atomic mass is 32.1. The summed E-state index contributed by atoms with van der Waals surface area (Å²) >= 11 is 1.43. The molecule has 0 spiro atoms. The molecule has 1 atom stereocenters. The normalized spacial score (nSPS) is 12.3. The Morgan fingerprint density at radius 2 is 2.17 bits per heavy atom. The second-order valence-corrected chi connectivity index (χ2v) is 7.17. The van der Waals surface area contributed by atoms with Gasteiger partial charge < -0.3 is 9.64 Å². The van der Waals surface area contributed by atoms with Crippen LogP contribution in [0.2, 0.25) is 0 Å². The summed E-state index contributed by atoms with van der Waals surface area (Å²) < 4.78 is 4.86. The van der Waals surface area contributed by atoms with Crippen molar-refractivity contribution in [1.29, 1.82) is 5.26 Å². The number of amides is 1. The van der Waals surface area contributed by atoms with E-state index in [2.05, 4.69) is 25.8 Å². The summed E-state index contributed by atoms with van der Waals surface area (Å²) in [5, 5.41) is 10.7. The van der Waals surface area contributed by atoms with Crippen molar-refractivity contribution in [3.8, 4) is 6.07 Å². The number of carbonyl (C=O) groups is 2. The molecule has 6 nitrogen and oxygen atoms in total. The van der Waals surface area contributed by atoms with Crippen molar-refractivity contribution in [2.24, 2.45) is 5.41 Å². The van der Waals surface area contributed by atoms with Crippen molar-refractivity contribution < 1.29 is 14.3 Å². The standard InChI is InChI=1S/C16H23N3O3S/c1-16(2,3)6-8-19(14(20)5-7-17)13(15(21)22-4)9-12-10-23-11-18-12/h10-11,13H,5-6,8-9H2,1-4H3/t13-/m0/s1. The maximum Gasteiger partial charge on any atom is 0.328 e. The van der Waals surface area contributed by atoms with Crippen LogP contribution in [-0.2, 0) is 20.7 Å². The number of hydrogen-bond acceptors (Lipinski definition) is 6. The number of nitriles is 1. The molecular weight excluding hydrogens is 314 g/mol. The summed E-state index contributed by atoms with van der Waals surface area (Å²) in [6, 6.07) is 1.10. The summed E-state index contributed by atoms with van der Waals surface area (Å²) in [6.45, 7) is 6.59. The van der Waals surface area contributed by atoms with Crippen molar-refractivity contribution in [3.63, 3.8) is 0 Å². The minimum Gasteiger partial charge on any atom is -0.467 e. The summed E-state index contributed by atoms with van der Waals surface area (Å²) in [5.74, 6) is -0.847. The van der Waals surface area contributed by atoms with Gasteiger partial charge in [0.2, 0.25) is 5.91 Å². The number of ether oxygens (including phenoxy) is 1. The molecule has 1 amide bonds. The second-order valence-electron chi connectivity index (χ2n) is 6.46. The molecule has 0 bridgehead atoms. The predicted octanol–water partition coefficient (Wildman–Crippen LogP) is 2.41. The van der Waals surface area contributed by atoms with Gasteiger partial charge in [-0.1, -0.05) is 20.8 Å². The minimum absolute atomic E-state index is 0.00642. The van der Waals surface area contributed by atoms with Crippen molar-refractivity contribution in [1.82, 2.24) is 9.88 Å². The topological polar surface area (TPSA) is 83.3 Å². The van der Waals surface area contributed by atoms with Crippen LogP contribution in [0.25, 0.3) is 0 Å². The van der Waals surface area contributed by atoms with Crippen LogP contribution in [0.3, 0.4) is 0 Å². The molecule has 0 saturated carbocycles. The molecule has 1 aromatic heterocycles. The van der Waals surface area contributed by atoms with E-state index in [0.29, 0.717) is 13.0 Å². The molecule has 0 fully saturated rings. The van der Waals surface area contributed by atoms with E-state index in [0.717, 1.165) is 5.69 Å². The lowest BCUT2D eigenvalue weighted by Crippen LogP contribution is -2.48. The summed E-state index contributed by atoms with van der Waals surface area (Å²) in [5.41, 5.74) is 2.42. The fourth-order valence-electron chi connectivity index (χ4n) is 2.07. The van der Waals surface area contributed by atoms with Gasteiger partial charge in [0.25, 0.3) is 0 Å². The summed E-state index contributed by atoms with van der Waals surface area (Å²) in [4.78, 5) is 30.2. The van der Waals surface area contributed by atoms with Gasteiger partial charge in [0, 0.05) is 18.3 Å². The zero-order chi connectivity index (χ0) is 17.5. The molecule has 0 aliphatic heterocycles. The van der Waals surface area contributed by atoms with Gasteiger partial charge >= 0.3 is 5.97 Å². The van der Waals surface area contributed by atoms with E-state index in [-0.39, 0.29) is 24.2 Å². The third-order valence-electron chi connectivity index (χ3n) is 3.39. The summed E-state index contributed by atoms with van der Waals surface area (Å²) in [6.07, 6.45) is 0.751. The number of carbonyl (C=O) groups excluding carboxylic acids is 2. The Bertz CT molecular complexity index is 558. The Morgan fingerprint density at radius 1 is 1.48 bits per heavy atom. The lowest BCUT2D eigenvalue weighted by Gasteiger charge is -2.31. The van der Waals surface area contributed by atoms with E-state index in [1.165, 1.54) is 23.3 Å². The highest BCUT2D eigenvalue weighted by Crippen LogP contribution is 2.21. The average Bonchev–Trinajstić information content (AvgIpc) is 2.97. The zero-order valence-corrected chi connectivity index (χ0v) is 14.9. The Kier molecular flexibility index (Phi) is 7.17. The van der Waals surface area contributed by atoms with Crippen LogP contribution in [0.15, 0.2) is 10.9 Å². The second kappa shape index (κ2) is 8.63. The van der Waals surface area contributed by atoms with Crippen LogP contribution in [0.1, 0.15) is 39.3 Å². The van der Waals surface area contributed by atoms with Gasteiger partial charge in [0.05, 0.1) is 24.4 Å². The lowest BCUT2D eigenvalue weighted by atomic mass is 9.91. The first-order valence-corrected chi connectivity index (χ1v) is 8.34. The third kappa shape index (κ3) is 6.37. The number of methoxy groups -OCH3 is 1. The molecule has 1 heterocycles. The number of hydrogen-bond donors (Lipinski definition) is 0. The molecule has 0 radical (unpaired) electrons. The first-order chi connectivity index (χ1) is 10.8. The van der Waals surface area contributed by atoms with Gasteiger partial charge in [-0.3, -0.25) is 4.79 Å². The average molecular weight is 337 g/mol. The van der Waals surface area contributed by atoms with Crippen LogP contribution in [0, 0.1) is 16.7 Å². The Labute approximate surface area is 141 Å². The molecule has 0 aliphatic carbocycles. The molecule has 0 unspecified atom stereocenters. The Hall–Kier alpha value is -1.94. The number of aromatic nitrogens is 1. The van der Waals surface area contributed by atoms with Crippen molar-refractivity contribution in [3.05, 3.63) is 16.6 Å². The van der Waals surface area contributed by atoms with E-state index >= 15 is 0 Å². The van der Waals surface area contributed by atoms with Crippen LogP contribution in [0.4, 0.5) is 0 Å². The van der Waals surface area contributed by atoms with E-state index in [1.54, 1.807) is 5.51 Å². The highest BCUT2D eigenvalue weighted by Gasteiger charge is 2.32. The van der Waals surface area contributed by atoms with Gasteiger partial charge in [-0.2, -0.15) is 5.26 Å². The molecule has 23 heavy (non-hydrogen) atoms. The molecule has 0 saturated heterocycles. The van der Waals surface area contributed by atoms with E-state index in [9.17, 15) is 9.59 Å². The van der Waals surface area contributed by atoms with E-state index < -0.39 is 12.0 Å². The van der Waals surface area contributed by atoms with Crippen molar-refractivity contribution in [2.75, 3.05) is 13.7 Å². The Morgan fingerprint density at radius 3 is 2.65 bits per heavy atom. The van der Waals surface area contributed by atoms with Gasteiger partial charge in [0.15, 0.2) is 0 Å². The maximum atomic E-state index is 12.3. The number of rotatable bonds is 7. The fourth-order valence-corrected chi connectivity index (χ4v) is 2.64. The monoisotopic (exact) mass is 337 g/mol. The van der Waals surface area contributed by atoms with Gasteiger partial charge in [0.1, 0.15) is 12.5 Å². The van der Waals surface area contributed by atoms with Crippen LogP contribution in [-0.4, -0.2) is 41.5 Å². The molecule has 1 rings (SSSR count). The molecular formula is C16H23N3O3S. The predicted molar refractivity (Wildman–Crippen MR) is 87.6 cm³/mol. The van der Waals surface area contributed by atoms with E-state index in [1.807, 2.05) is 11.4 Å². The highest BCUT2D eigenvalue weighted by molar-refractivity contribution is 7.07. The number of thiazole rings is 1. The minimum atomic E-state index is -0.759. The lowest BCUT2D eigenvalue weighted by molar-refractivity contribution is -0.152. The first kappa shape index (κ1) is 19.1. The van der Waals surface area contributed by atoms with Crippen LogP contribution in [0.5, 0.6) is 0 Å². The molecule has 126 valence electrons. The molecule has 0 N–H and O–H groups in total. The molecule has 1 aromatic rings. The molecule has 0 aromatic carbocycles. The van der Waals surface area contributed by atoms with Crippen molar-refractivity contribution in [2.45, 2.75) is 46.1 Å². The quantitative estimate of drug-likeness (QED) is 0.713. The fraction of sp³-hybridized carbons (Fsp3) is 0.625. The number of esters is 1. The van der Waals surface area contributed by atoms with E-state index in [4.69, 9.17) is 10.00 Å². The van der Waals surface area contributed by atoms with Crippen molar-refractivity contribution >= 4 is 23.2 Å². The maximum absolute atomic E-state index is 12.3. The third-order valence-corrected chi connectivity index (χ3v) is 4.02. The SMILES string of the molecule is COC(=O)[C@H](Cc1cscn1)N(CCC(C)(C)C)C(=O)CC#N. The van der Waals surface area contributed by atoms with Crippen LogP contribution < -0.4 is 0 Å². The zero-order valence-electron chi connectivity index (χ0n) is 14.0.